The number of benzene rings is 1. The van der Waals surface area contributed by atoms with E-state index in [0.29, 0.717) is 17.7 Å². The second-order valence-corrected chi connectivity index (χ2v) is 5.08. The molecular formula is C10H9Cl3O2. The van der Waals surface area contributed by atoms with Crippen LogP contribution in [0.1, 0.15) is 22.8 Å². The topological polar surface area (TPSA) is 26.3 Å². The summed E-state index contributed by atoms with van der Waals surface area (Å²) >= 11 is 17.0. The van der Waals surface area contributed by atoms with Crippen molar-refractivity contribution < 1.29 is 9.53 Å². The summed E-state index contributed by atoms with van der Waals surface area (Å²) < 4.78 is 3.35. The van der Waals surface area contributed by atoms with Crippen LogP contribution in [0, 0.1) is 0 Å². The molecule has 0 unspecified atom stereocenters. The molecule has 0 atom stereocenters. The Morgan fingerprint density at radius 2 is 1.80 bits per heavy atom. The number of hydrogen-bond donors (Lipinski definition) is 0. The maximum absolute atomic E-state index is 11.3. The van der Waals surface area contributed by atoms with Crippen LogP contribution in [0.4, 0.5) is 0 Å². The second kappa shape index (κ2) is 5.06. The van der Waals surface area contributed by atoms with E-state index in [2.05, 4.69) is 0 Å². The molecule has 0 bridgehead atoms. The molecular weight excluding hydrogens is 258 g/mol. The normalized spacial score (nSPS) is 11.2. The van der Waals surface area contributed by atoms with Crippen molar-refractivity contribution in [3.8, 4) is 0 Å². The molecule has 0 N–H and O–H groups in total. The van der Waals surface area contributed by atoms with Crippen LogP contribution in [0.15, 0.2) is 24.3 Å². The molecule has 0 heterocycles. The Kier molecular flexibility index (Phi) is 4.26. The molecule has 1 rings (SSSR count). The van der Waals surface area contributed by atoms with E-state index in [1.807, 2.05) is 0 Å². The molecule has 0 aromatic heterocycles. The monoisotopic (exact) mass is 266 g/mol. The van der Waals surface area contributed by atoms with E-state index in [-0.39, 0.29) is 5.97 Å². The average Bonchev–Trinajstić information content (AvgIpc) is 2.17. The number of carbonyl (C=O) groups excluding carboxylic acids is 1. The van der Waals surface area contributed by atoms with Gasteiger partial charge in [0.05, 0.1) is 12.2 Å². The highest BCUT2D eigenvalue weighted by Gasteiger charge is 2.22. The summed E-state index contributed by atoms with van der Waals surface area (Å²) in [7, 11) is 0. The first kappa shape index (κ1) is 12.6. The van der Waals surface area contributed by atoms with E-state index < -0.39 is 3.79 Å². The Morgan fingerprint density at radius 3 is 2.20 bits per heavy atom. The minimum Gasteiger partial charge on any atom is -0.462 e. The van der Waals surface area contributed by atoms with Gasteiger partial charge < -0.3 is 4.74 Å². The number of carbonyl (C=O) groups is 1. The number of ether oxygens (including phenoxy) is 1. The Labute approximate surface area is 103 Å². The van der Waals surface area contributed by atoms with Crippen molar-refractivity contribution in [3.63, 3.8) is 0 Å². The fraction of sp³-hybridized carbons (Fsp3) is 0.300. The van der Waals surface area contributed by atoms with E-state index in [0.717, 1.165) is 0 Å². The summed E-state index contributed by atoms with van der Waals surface area (Å²) in [5.41, 5.74) is 0.954. The van der Waals surface area contributed by atoms with E-state index in [1.165, 1.54) is 0 Å². The maximum Gasteiger partial charge on any atom is 0.338 e. The lowest BCUT2D eigenvalue weighted by Crippen LogP contribution is -2.06. The summed E-state index contributed by atoms with van der Waals surface area (Å²) in [5.74, 6) is -0.381. The summed E-state index contributed by atoms with van der Waals surface area (Å²) in [6.07, 6.45) is 0. The average molecular weight is 268 g/mol. The van der Waals surface area contributed by atoms with Gasteiger partial charge in [0.1, 0.15) is 0 Å². The molecule has 0 saturated carbocycles. The van der Waals surface area contributed by atoms with Gasteiger partial charge in [-0.25, -0.2) is 4.79 Å². The van der Waals surface area contributed by atoms with E-state index in [9.17, 15) is 4.79 Å². The van der Waals surface area contributed by atoms with Gasteiger partial charge in [-0.05, 0) is 19.1 Å². The number of hydrogen-bond acceptors (Lipinski definition) is 2. The van der Waals surface area contributed by atoms with E-state index in [1.54, 1.807) is 31.2 Å². The van der Waals surface area contributed by atoms with Gasteiger partial charge in [-0.15, -0.1) is 0 Å². The minimum absolute atomic E-state index is 0.338. The molecule has 1 aromatic carbocycles. The lowest BCUT2D eigenvalue weighted by molar-refractivity contribution is 0.0526. The molecule has 0 aliphatic heterocycles. The Hall–Kier alpha value is -0.440. The summed E-state index contributed by atoms with van der Waals surface area (Å²) in [4.78, 5) is 11.3. The smallest absolute Gasteiger partial charge is 0.338 e. The van der Waals surface area contributed by atoms with Crippen LogP contribution in [0.25, 0.3) is 0 Å². The van der Waals surface area contributed by atoms with Crippen LogP contribution in [0.5, 0.6) is 0 Å². The van der Waals surface area contributed by atoms with Crippen molar-refractivity contribution in [2.24, 2.45) is 0 Å². The quantitative estimate of drug-likeness (QED) is 0.603. The lowest BCUT2D eigenvalue weighted by Gasteiger charge is -2.11. The highest BCUT2D eigenvalue weighted by atomic mass is 35.6. The number of alkyl halides is 3. The zero-order chi connectivity index (χ0) is 11.5. The molecule has 0 aliphatic rings. The number of rotatable bonds is 2. The van der Waals surface area contributed by atoms with Crippen molar-refractivity contribution >= 4 is 40.8 Å². The first-order valence-corrected chi connectivity index (χ1v) is 5.43. The van der Waals surface area contributed by atoms with Crippen molar-refractivity contribution in [2.75, 3.05) is 6.61 Å². The van der Waals surface area contributed by atoms with Crippen LogP contribution in [0.2, 0.25) is 0 Å². The summed E-state index contributed by atoms with van der Waals surface area (Å²) in [5, 5.41) is 0. The van der Waals surface area contributed by atoms with Crippen LogP contribution >= 0.6 is 34.8 Å². The van der Waals surface area contributed by atoms with Crippen LogP contribution in [-0.2, 0) is 8.53 Å². The molecule has 0 spiro atoms. The summed E-state index contributed by atoms with van der Waals surface area (Å²) in [6.45, 7) is 2.08. The molecule has 0 saturated heterocycles. The van der Waals surface area contributed by atoms with Gasteiger partial charge in [0, 0.05) is 5.56 Å². The Morgan fingerprint density at radius 1 is 1.27 bits per heavy atom. The highest BCUT2D eigenvalue weighted by Crippen LogP contribution is 2.37. The Balaban J connectivity index is 2.86. The number of esters is 1. The van der Waals surface area contributed by atoms with Gasteiger partial charge in [-0.3, -0.25) is 0 Å². The van der Waals surface area contributed by atoms with Gasteiger partial charge in [-0.1, -0.05) is 46.9 Å². The Bertz CT molecular complexity index is 341. The zero-order valence-electron chi connectivity index (χ0n) is 7.97. The van der Waals surface area contributed by atoms with Crippen LogP contribution in [-0.4, -0.2) is 12.6 Å². The van der Waals surface area contributed by atoms with Gasteiger partial charge in [0.2, 0.25) is 3.79 Å². The van der Waals surface area contributed by atoms with Gasteiger partial charge in [0.25, 0.3) is 0 Å². The highest BCUT2D eigenvalue weighted by molar-refractivity contribution is 6.66. The van der Waals surface area contributed by atoms with E-state index in [4.69, 9.17) is 39.5 Å². The molecule has 15 heavy (non-hydrogen) atoms. The molecule has 0 amide bonds. The van der Waals surface area contributed by atoms with Gasteiger partial charge >= 0.3 is 5.97 Å². The fourth-order valence-corrected chi connectivity index (χ4v) is 1.39. The third-order valence-corrected chi connectivity index (χ3v) is 2.38. The third kappa shape index (κ3) is 3.56. The number of halogens is 3. The summed E-state index contributed by atoms with van der Waals surface area (Å²) in [6, 6.07) is 6.29. The van der Waals surface area contributed by atoms with Gasteiger partial charge in [0.15, 0.2) is 0 Å². The van der Waals surface area contributed by atoms with Crippen LogP contribution in [0.3, 0.4) is 0 Å². The first-order valence-electron chi connectivity index (χ1n) is 4.29. The van der Waals surface area contributed by atoms with Crippen molar-refractivity contribution in [1.82, 2.24) is 0 Å². The molecule has 5 heteroatoms. The molecule has 0 radical (unpaired) electrons. The van der Waals surface area contributed by atoms with Crippen LogP contribution < -0.4 is 0 Å². The SMILES string of the molecule is CCOC(=O)c1ccc(C(Cl)(Cl)Cl)cc1. The predicted molar refractivity (Wildman–Crippen MR) is 61.6 cm³/mol. The van der Waals surface area contributed by atoms with Gasteiger partial charge in [-0.2, -0.15) is 0 Å². The molecule has 1 aromatic rings. The standard InChI is InChI=1S/C10H9Cl3O2/c1-2-15-9(14)7-3-5-8(6-4-7)10(11,12)13/h3-6H,2H2,1H3. The molecule has 0 aliphatic carbocycles. The third-order valence-electron chi connectivity index (χ3n) is 1.72. The van der Waals surface area contributed by atoms with Crippen molar-refractivity contribution in [1.29, 1.82) is 0 Å². The largest absolute Gasteiger partial charge is 0.462 e. The molecule has 0 fully saturated rings. The second-order valence-electron chi connectivity index (χ2n) is 2.80. The first-order chi connectivity index (χ1) is 6.95. The predicted octanol–water partition coefficient (Wildman–Crippen LogP) is 3.69. The fourth-order valence-electron chi connectivity index (χ4n) is 1.01. The van der Waals surface area contributed by atoms with E-state index >= 15 is 0 Å². The molecule has 2 nitrogen and oxygen atoms in total. The van der Waals surface area contributed by atoms with Crippen molar-refractivity contribution in [2.45, 2.75) is 10.7 Å². The van der Waals surface area contributed by atoms with Crippen molar-refractivity contribution in [3.05, 3.63) is 35.4 Å². The lowest BCUT2D eigenvalue weighted by atomic mass is 10.1. The molecule has 82 valence electrons. The zero-order valence-corrected chi connectivity index (χ0v) is 10.2. The minimum atomic E-state index is -1.47. The maximum atomic E-state index is 11.3.